The number of amides is 3. The topological polar surface area (TPSA) is 141 Å². The van der Waals surface area contributed by atoms with Gasteiger partial charge in [-0.1, -0.05) is 6.07 Å². The number of anilines is 1. The summed E-state index contributed by atoms with van der Waals surface area (Å²) in [4.78, 5) is 40.4. The summed E-state index contributed by atoms with van der Waals surface area (Å²) in [6.07, 6.45) is -0.514. The van der Waals surface area contributed by atoms with Crippen LogP contribution in [0.3, 0.4) is 0 Å². The molecule has 216 valence electrons. The monoisotopic (exact) mass is 594 g/mol. The maximum Gasteiger partial charge on any atom is 0.412 e. The quantitative estimate of drug-likeness (QED) is 0.324. The third-order valence-electron chi connectivity index (χ3n) is 7.29. The van der Waals surface area contributed by atoms with Crippen LogP contribution in [0.5, 0.6) is 0 Å². The number of carbonyl (C=O) groups excluding carboxylic acids is 2. The van der Waals surface area contributed by atoms with Gasteiger partial charge < -0.3 is 19.6 Å². The third-order valence-corrected chi connectivity index (χ3v) is 8.40. The van der Waals surface area contributed by atoms with Crippen molar-refractivity contribution in [1.29, 1.82) is 5.26 Å². The van der Waals surface area contributed by atoms with Crippen molar-refractivity contribution in [2.24, 2.45) is 0 Å². The molecule has 0 bridgehead atoms. The van der Waals surface area contributed by atoms with E-state index in [1.54, 1.807) is 30.4 Å². The van der Waals surface area contributed by atoms with Crippen molar-refractivity contribution in [3.8, 4) is 17.2 Å². The summed E-state index contributed by atoms with van der Waals surface area (Å²) < 4.78 is 38.0. The number of piperazine rings is 1. The first-order valence-electron chi connectivity index (χ1n) is 13.0. The minimum atomic E-state index is -1.09. The molecular weight excluding hydrogens is 570 g/mol. The number of benzene rings is 2. The Balaban J connectivity index is 1.52. The lowest BCUT2D eigenvalue weighted by molar-refractivity contribution is 0.0427. The van der Waals surface area contributed by atoms with Crippen LogP contribution in [0.1, 0.15) is 36.7 Å². The first kappa shape index (κ1) is 27.4. The number of hydrogen-bond acceptors (Lipinski definition) is 7. The third kappa shape index (κ3) is 4.37. The number of carboxylic acid groups (broad SMARTS) is 1. The van der Waals surface area contributed by atoms with Crippen LogP contribution in [0.2, 0.25) is 0 Å². The molecule has 0 spiro atoms. The number of nitriles is 1. The molecule has 11 nitrogen and oxygen atoms in total. The highest BCUT2D eigenvalue weighted by atomic mass is 32.1. The molecule has 4 heterocycles. The normalized spacial score (nSPS) is 16.8. The summed E-state index contributed by atoms with van der Waals surface area (Å²) in [5.74, 6) is -1.89. The largest absolute Gasteiger partial charge is 0.465 e. The maximum atomic E-state index is 16.1. The van der Waals surface area contributed by atoms with E-state index in [0.29, 0.717) is 5.52 Å². The molecule has 3 amide bonds. The van der Waals surface area contributed by atoms with Gasteiger partial charge in [0.15, 0.2) is 0 Å². The number of halogens is 2. The van der Waals surface area contributed by atoms with Crippen LogP contribution in [0.15, 0.2) is 24.4 Å². The highest BCUT2D eigenvalue weighted by Gasteiger charge is 2.38. The Hall–Kier alpha value is -4.77. The summed E-state index contributed by atoms with van der Waals surface area (Å²) in [5.41, 5.74) is -0.250. The summed E-state index contributed by atoms with van der Waals surface area (Å²) in [6, 6.07) is 5.12. The lowest BCUT2D eigenvalue weighted by atomic mass is 9.94. The Morgan fingerprint density at radius 2 is 1.95 bits per heavy atom. The van der Waals surface area contributed by atoms with E-state index in [9.17, 15) is 24.8 Å². The second kappa shape index (κ2) is 9.66. The van der Waals surface area contributed by atoms with Gasteiger partial charge >= 0.3 is 12.2 Å². The Morgan fingerprint density at radius 3 is 2.64 bits per heavy atom. The summed E-state index contributed by atoms with van der Waals surface area (Å²) >= 11 is 0.827. The van der Waals surface area contributed by atoms with Crippen molar-refractivity contribution in [2.75, 3.05) is 25.0 Å². The Morgan fingerprint density at radius 1 is 1.19 bits per heavy atom. The fourth-order valence-corrected chi connectivity index (χ4v) is 6.67. The van der Waals surface area contributed by atoms with Crippen molar-refractivity contribution in [1.82, 2.24) is 19.6 Å². The van der Waals surface area contributed by atoms with E-state index in [0.717, 1.165) is 23.5 Å². The molecule has 2 N–H and O–H groups in total. The molecule has 2 aliphatic heterocycles. The van der Waals surface area contributed by atoms with Crippen LogP contribution in [-0.4, -0.2) is 74.1 Å². The fourth-order valence-electron chi connectivity index (χ4n) is 5.60. The van der Waals surface area contributed by atoms with E-state index in [-0.39, 0.29) is 68.9 Å². The predicted octanol–water partition coefficient (Wildman–Crippen LogP) is 5.23. The number of nitrogens with one attached hydrogen (secondary N) is 1. The zero-order valence-electron chi connectivity index (χ0n) is 22.7. The second-order valence-corrected chi connectivity index (χ2v) is 12.1. The first-order chi connectivity index (χ1) is 19.9. The zero-order chi connectivity index (χ0) is 30.1. The van der Waals surface area contributed by atoms with Gasteiger partial charge in [0.25, 0.3) is 5.91 Å². The van der Waals surface area contributed by atoms with Gasteiger partial charge in [-0.3, -0.25) is 14.8 Å². The van der Waals surface area contributed by atoms with Crippen molar-refractivity contribution in [3.05, 3.63) is 47.2 Å². The molecule has 6 rings (SSSR count). The molecule has 1 fully saturated rings. The Labute approximate surface area is 241 Å². The molecule has 2 aliphatic rings. The number of rotatable bonds is 2. The molecule has 1 saturated heterocycles. The van der Waals surface area contributed by atoms with Crippen LogP contribution in [-0.2, 0) is 11.3 Å². The van der Waals surface area contributed by atoms with Crippen LogP contribution in [0.4, 0.5) is 23.4 Å². The van der Waals surface area contributed by atoms with Crippen LogP contribution < -0.4 is 5.32 Å². The number of carbonyl (C=O) groups is 3. The van der Waals surface area contributed by atoms with Gasteiger partial charge in [0.2, 0.25) is 0 Å². The first-order valence-corrected chi connectivity index (χ1v) is 13.8. The molecule has 42 heavy (non-hydrogen) atoms. The molecule has 0 unspecified atom stereocenters. The van der Waals surface area contributed by atoms with E-state index >= 15 is 8.78 Å². The van der Waals surface area contributed by atoms with E-state index in [2.05, 4.69) is 10.4 Å². The molecule has 0 aliphatic carbocycles. The zero-order valence-corrected chi connectivity index (χ0v) is 23.5. The minimum absolute atomic E-state index is 0.0166. The number of nitrogens with zero attached hydrogens (tertiary/aromatic N) is 5. The molecule has 14 heteroatoms. The summed E-state index contributed by atoms with van der Waals surface area (Å²) in [5, 5.41) is 26.9. The number of aromatic nitrogens is 2. The Bertz CT molecular complexity index is 1870. The SMILES string of the molecule is CC(C)(C)OC(=O)Nc1sc2c(F)ccc(-c3c(F)cc4c5c3cnn5C[C@@H]3CN(C(=O)O)CCN3C4=O)c2c1C#N. The van der Waals surface area contributed by atoms with Crippen molar-refractivity contribution >= 4 is 55.4 Å². The van der Waals surface area contributed by atoms with Gasteiger partial charge in [-0.15, -0.1) is 11.3 Å². The van der Waals surface area contributed by atoms with E-state index in [1.165, 1.54) is 17.2 Å². The van der Waals surface area contributed by atoms with Crippen molar-refractivity contribution in [2.45, 2.75) is 39.0 Å². The molecule has 4 aromatic rings. The minimum Gasteiger partial charge on any atom is -0.465 e. The van der Waals surface area contributed by atoms with E-state index < -0.39 is 41.4 Å². The molecule has 0 saturated carbocycles. The van der Waals surface area contributed by atoms with E-state index in [4.69, 9.17) is 4.74 Å². The lowest BCUT2D eigenvalue weighted by Gasteiger charge is -2.39. The van der Waals surface area contributed by atoms with Crippen LogP contribution in [0, 0.1) is 23.0 Å². The number of hydrogen-bond donors (Lipinski definition) is 2. The average Bonchev–Trinajstić information content (AvgIpc) is 3.46. The smallest absolute Gasteiger partial charge is 0.412 e. The lowest BCUT2D eigenvalue weighted by Crippen LogP contribution is -2.57. The molecule has 2 aromatic carbocycles. The average molecular weight is 595 g/mol. The molecule has 0 radical (unpaired) electrons. The van der Waals surface area contributed by atoms with Crippen molar-refractivity contribution in [3.63, 3.8) is 0 Å². The van der Waals surface area contributed by atoms with Crippen LogP contribution >= 0.6 is 11.3 Å². The van der Waals surface area contributed by atoms with E-state index in [1.807, 2.05) is 6.07 Å². The highest BCUT2D eigenvalue weighted by Crippen LogP contribution is 2.45. The van der Waals surface area contributed by atoms with Crippen molar-refractivity contribution < 1.29 is 33.0 Å². The Kier molecular flexibility index (Phi) is 6.30. The van der Waals surface area contributed by atoms with Gasteiger partial charge in [-0.25, -0.2) is 18.4 Å². The standard InChI is InChI=1S/C28H24F2N6O5S/c1-28(2,3)41-26(38)33-24-16(9-31)21-14(4-5-18(29)23(21)42-24)20-17-10-32-36-12-13-11-34(27(39)40)6-7-35(13)25(37)15(22(17)36)8-19(20)30/h4-5,8,10,13H,6-7,11-12H2,1-3H3,(H,33,38)(H,39,40)/t13-/m0/s1. The summed E-state index contributed by atoms with van der Waals surface area (Å²) in [7, 11) is 0. The molecular formula is C28H24F2N6O5S. The van der Waals surface area contributed by atoms with Crippen LogP contribution in [0.25, 0.3) is 32.1 Å². The predicted molar refractivity (Wildman–Crippen MR) is 149 cm³/mol. The van der Waals surface area contributed by atoms with Gasteiger partial charge in [-0.2, -0.15) is 10.4 Å². The maximum absolute atomic E-state index is 16.1. The molecule has 1 atom stereocenters. The summed E-state index contributed by atoms with van der Waals surface area (Å²) in [6.45, 7) is 5.57. The van der Waals surface area contributed by atoms with Gasteiger partial charge in [0.1, 0.15) is 28.3 Å². The van der Waals surface area contributed by atoms with Gasteiger partial charge in [0.05, 0.1) is 40.1 Å². The number of thiophene rings is 1. The fraction of sp³-hybridized carbons (Fsp3) is 0.321. The number of fused-ring (bicyclic) bond motifs is 2. The second-order valence-electron chi connectivity index (χ2n) is 11.1. The highest BCUT2D eigenvalue weighted by molar-refractivity contribution is 7.23. The van der Waals surface area contributed by atoms with Gasteiger partial charge in [-0.05, 0) is 38.5 Å². The molecule has 2 aromatic heterocycles. The van der Waals surface area contributed by atoms with Gasteiger partial charge in [0, 0.05) is 36.0 Å². The number of ether oxygens (including phenoxy) is 1.